The number of nitrogens with zero attached hydrogens (tertiary/aromatic N) is 4. The lowest BCUT2D eigenvalue weighted by atomic mass is 10.1. The van der Waals surface area contributed by atoms with E-state index in [1.165, 1.54) is 6.07 Å². The predicted molar refractivity (Wildman–Crippen MR) is 145 cm³/mol. The summed E-state index contributed by atoms with van der Waals surface area (Å²) in [4.78, 5) is 4.24. The van der Waals surface area contributed by atoms with Crippen LogP contribution < -0.4 is 16.4 Å². The van der Waals surface area contributed by atoms with Crippen LogP contribution in [-0.2, 0) is 12.8 Å². The third-order valence-corrected chi connectivity index (χ3v) is 5.48. The summed E-state index contributed by atoms with van der Waals surface area (Å²) in [5, 5.41) is 20.7. The van der Waals surface area contributed by atoms with E-state index in [4.69, 9.17) is 5.73 Å². The first kappa shape index (κ1) is 27.1. The van der Waals surface area contributed by atoms with Crippen LogP contribution in [0.25, 0.3) is 5.69 Å². The molecule has 9 heteroatoms. The van der Waals surface area contributed by atoms with Crippen LogP contribution in [-0.4, -0.2) is 35.9 Å². The minimum absolute atomic E-state index is 0. The van der Waals surface area contributed by atoms with Crippen LogP contribution in [0.15, 0.2) is 47.5 Å². The van der Waals surface area contributed by atoms with Crippen LogP contribution in [0.2, 0.25) is 0 Å². The third-order valence-electron chi connectivity index (χ3n) is 5.48. The quantitative estimate of drug-likeness (QED) is 0.163. The first-order valence-electron chi connectivity index (χ1n) is 11.0. The molecule has 1 heterocycles. The predicted octanol–water partition coefficient (Wildman–Crippen LogP) is 4.04. The molecule has 0 atom stereocenters. The lowest BCUT2D eigenvalue weighted by molar-refractivity contribution is 0.625. The summed E-state index contributed by atoms with van der Waals surface area (Å²) in [6, 6.07) is 14.9. The fourth-order valence-electron chi connectivity index (χ4n) is 3.60. The van der Waals surface area contributed by atoms with Crippen LogP contribution in [0, 0.1) is 31.0 Å². The molecule has 0 aliphatic heterocycles. The molecule has 0 radical (unpaired) electrons. The number of aliphatic imine (C=N–C) groups is 1. The zero-order valence-electron chi connectivity index (χ0n) is 19.7. The molecule has 180 valence electrons. The number of aryl methyl sites for hydroxylation is 3. The highest BCUT2D eigenvalue weighted by Crippen LogP contribution is 2.21. The van der Waals surface area contributed by atoms with Crippen molar-refractivity contribution in [3.63, 3.8) is 0 Å². The van der Waals surface area contributed by atoms with E-state index in [1.54, 1.807) is 17.8 Å². The average Bonchev–Trinajstić information content (AvgIpc) is 3.12. The molecule has 0 amide bonds. The standard InChI is InChI=1S/C25H30FN7.HI/c1-17-6-10-21(11-7-17)33-24(28)22(16-27)23(32-33)5-4-13-30-25(29-3)31-14-12-19-8-9-20(26)15-18(19)2;/h6-11,15H,4-5,12-14,28H2,1-3H3,(H2,29,30,31);1H. The van der Waals surface area contributed by atoms with Crippen molar-refractivity contribution >= 4 is 35.8 Å². The molecule has 34 heavy (non-hydrogen) atoms. The largest absolute Gasteiger partial charge is 0.382 e. The Morgan fingerprint density at radius 1 is 1.12 bits per heavy atom. The van der Waals surface area contributed by atoms with Gasteiger partial charge >= 0.3 is 0 Å². The van der Waals surface area contributed by atoms with Gasteiger partial charge in [-0.3, -0.25) is 4.99 Å². The van der Waals surface area contributed by atoms with E-state index in [1.807, 2.05) is 44.2 Å². The Hall–Kier alpha value is -3.13. The number of guanidine groups is 1. The van der Waals surface area contributed by atoms with Gasteiger partial charge in [-0.25, -0.2) is 9.07 Å². The number of nitrogen functional groups attached to an aromatic ring is 1. The van der Waals surface area contributed by atoms with Gasteiger partial charge in [-0.2, -0.15) is 10.4 Å². The van der Waals surface area contributed by atoms with Gasteiger partial charge in [0.2, 0.25) is 0 Å². The maximum Gasteiger partial charge on any atom is 0.190 e. The highest BCUT2D eigenvalue weighted by molar-refractivity contribution is 14.0. The number of hydrogen-bond donors (Lipinski definition) is 3. The van der Waals surface area contributed by atoms with Crippen molar-refractivity contribution in [1.29, 1.82) is 5.26 Å². The number of rotatable bonds is 8. The Kier molecular flexibility index (Phi) is 10.3. The van der Waals surface area contributed by atoms with Gasteiger partial charge < -0.3 is 16.4 Å². The Morgan fingerprint density at radius 2 is 1.82 bits per heavy atom. The van der Waals surface area contributed by atoms with Crippen LogP contribution in [0.4, 0.5) is 10.2 Å². The number of nitriles is 1. The summed E-state index contributed by atoms with van der Waals surface area (Å²) in [5.74, 6) is 0.838. The lowest BCUT2D eigenvalue weighted by Gasteiger charge is -2.12. The fourth-order valence-corrected chi connectivity index (χ4v) is 3.60. The molecule has 0 saturated heterocycles. The van der Waals surface area contributed by atoms with Crippen LogP contribution in [0.1, 0.15) is 34.4 Å². The maximum absolute atomic E-state index is 13.2. The van der Waals surface area contributed by atoms with E-state index in [9.17, 15) is 9.65 Å². The molecule has 0 aliphatic carbocycles. The van der Waals surface area contributed by atoms with E-state index in [2.05, 4.69) is 26.8 Å². The highest BCUT2D eigenvalue weighted by Gasteiger charge is 2.16. The van der Waals surface area contributed by atoms with E-state index in [0.29, 0.717) is 42.5 Å². The van der Waals surface area contributed by atoms with Gasteiger partial charge in [-0.05, 0) is 68.5 Å². The van der Waals surface area contributed by atoms with E-state index in [-0.39, 0.29) is 29.8 Å². The molecule has 0 bridgehead atoms. The second kappa shape index (κ2) is 12.9. The Morgan fingerprint density at radius 3 is 2.47 bits per heavy atom. The van der Waals surface area contributed by atoms with Crippen molar-refractivity contribution in [3.05, 3.63) is 76.2 Å². The molecule has 3 rings (SSSR count). The topological polar surface area (TPSA) is 104 Å². The summed E-state index contributed by atoms with van der Waals surface area (Å²) in [5.41, 5.74) is 11.3. The van der Waals surface area contributed by atoms with E-state index in [0.717, 1.165) is 35.2 Å². The van der Waals surface area contributed by atoms with Gasteiger partial charge in [0.05, 0.1) is 11.4 Å². The Labute approximate surface area is 217 Å². The van der Waals surface area contributed by atoms with Gasteiger partial charge in [0, 0.05) is 20.1 Å². The molecule has 0 spiro atoms. The summed E-state index contributed by atoms with van der Waals surface area (Å²) >= 11 is 0. The summed E-state index contributed by atoms with van der Waals surface area (Å²) in [7, 11) is 1.72. The minimum Gasteiger partial charge on any atom is -0.382 e. The number of hydrogen-bond acceptors (Lipinski definition) is 4. The number of benzene rings is 2. The zero-order valence-corrected chi connectivity index (χ0v) is 22.1. The second-order valence-electron chi connectivity index (χ2n) is 7.92. The molecule has 1 aromatic heterocycles. The van der Waals surface area contributed by atoms with Gasteiger partial charge in [-0.15, -0.1) is 24.0 Å². The monoisotopic (exact) mass is 575 g/mol. The molecule has 4 N–H and O–H groups in total. The maximum atomic E-state index is 13.2. The average molecular weight is 575 g/mol. The van der Waals surface area contributed by atoms with Crippen LogP contribution in [0.3, 0.4) is 0 Å². The first-order chi connectivity index (χ1) is 15.9. The number of nitrogens with two attached hydrogens (primary N) is 1. The van der Waals surface area contributed by atoms with E-state index < -0.39 is 0 Å². The Balaban J connectivity index is 0.00000408. The first-order valence-corrected chi connectivity index (χ1v) is 11.0. The lowest BCUT2D eigenvalue weighted by Crippen LogP contribution is -2.38. The smallest absolute Gasteiger partial charge is 0.190 e. The van der Waals surface area contributed by atoms with Crippen LogP contribution in [0.5, 0.6) is 0 Å². The van der Waals surface area contributed by atoms with Gasteiger partial charge in [0.25, 0.3) is 0 Å². The molecule has 3 aromatic rings. The molecule has 0 aliphatic rings. The third kappa shape index (κ3) is 6.93. The zero-order chi connectivity index (χ0) is 23.8. The van der Waals surface area contributed by atoms with Crippen molar-refractivity contribution in [3.8, 4) is 11.8 Å². The van der Waals surface area contributed by atoms with Gasteiger partial charge in [0.15, 0.2) is 5.96 Å². The van der Waals surface area contributed by atoms with Crippen molar-refractivity contribution in [2.24, 2.45) is 4.99 Å². The number of nitrogens with one attached hydrogen (secondary N) is 2. The number of halogens is 2. The van der Waals surface area contributed by atoms with Crippen molar-refractivity contribution in [2.75, 3.05) is 25.9 Å². The molecule has 2 aromatic carbocycles. The molecule has 0 fully saturated rings. The number of aromatic nitrogens is 2. The Bertz CT molecular complexity index is 1160. The SMILES string of the molecule is CN=C(NCCCc1nn(-c2ccc(C)cc2)c(N)c1C#N)NCCc1ccc(F)cc1C.I. The molecular weight excluding hydrogens is 544 g/mol. The van der Waals surface area contributed by atoms with Crippen molar-refractivity contribution < 1.29 is 4.39 Å². The molecule has 0 saturated carbocycles. The van der Waals surface area contributed by atoms with Gasteiger partial charge in [0.1, 0.15) is 23.3 Å². The van der Waals surface area contributed by atoms with Crippen LogP contribution >= 0.6 is 24.0 Å². The van der Waals surface area contributed by atoms with Crippen molar-refractivity contribution in [1.82, 2.24) is 20.4 Å². The summed E-state index contributed by atoms with van der Waals surface area (Å²) in [6.07, 6.45) is 2.15. The molecular formula is C25H31FIN7. The second-order valence-corrected chi connectivity index (χ2v) is 7.92. The van der Waals surface area contributed by atoms with E-state index >= 15 is 0 Å². The molecule has 0 unspecified atom stereocenters. The summed E-state index contributed by atoms with van der Waals surface area (Å²) < 4.78 is 14.9. The summed E-state index contributed by atoms with van der Waals surface area (Å²) in [6.45, 7) is 5.27. The minimum atomic E-state index is -0.216. The highest BCUT2D eigenvalue weighted by atomic mass is 127. The van der Waals surface area contributed by atoms with Gasteiger partial charge in [-0.1, -0.05) is 23.8 Å². The molecule has 7 nitrogen and oxygen atoms in total. The van der Waals surface area contributed by atoms with Crippen molar-refractivity contribution in [2.45, 2.75) is 33.1 Å². The number of anilines is 1. The fraction of sp³-hybridized carbons (Fsp3) is 0.320. The normalized spacial score (nSPS) is 11.0.